The van der Waals surface area contributed by atoms with Crippen molar-refractivity contribution in [2.45, 2.75) is 37.5 Å². The molecule has 0 spiro atoms. The Morgan fingerprint density at radius 2 is 2.16 bits per heavy atom. The molecule has 25 heavy (non-hydrogen) atoms. The lowest BCUT2D eigenvalue weighted by molar-refractivity contribution is 0.0859. The molecule has 3 unspecified atom stereocenters. The third-order valence-electron chi connectivity index (χ3n) is 4.97. The van der Waals surface area contributed by atoms with E-state index >= 15 is 0 Å². The van der Waals surface area contributed by atoms with Gasteiger partial charge in [0.2, 0.25) is 0 Å². The van der Waals surface area contributed by atoms with E-state index in [-0.39, 0.29) is 11.9 Å². The smallest absolute Gasteiger partial charge is 0.261 e. The van der Waals surface area contributed by atoms with Crippen molar-refractivity contribution >= 4 is 17.2 Å². The molecule has 0 radical (unpaired) electrons. The number of piperidine rings is 1. The van der Waals surface area contributed by atoms with E-state index in [2.05, 4.69) is 38.2 Å². The molecule has 2 fully saturated rings. The van der Waals surface area contributed by atoms with Crippen LogP contribution in [0.4, 0.5) is 0 Å². The Kier molecular flexibility index (Phi) is 5.07. The average molecular weight is 357 g/mol. The second-order valence-corrected chi connectivity index (χ2v) is 7.61. The summed E-state index contributed by atoms with van der Waals surface area (Å²) >= 11 is 1.49. The largest absolute Gasteiger partial charge is 0.347 e. The quantitative estimate of drug-likeness (QED) is 0.780. The molecule has 2 saturated heterocycles. The summed E-state index contributed by atoms with van der Waals surface area (Å²) in [5.41, 5.74) is 8.07. The van der Waals surface area contributed by atoms with E-state index in [1.54, 1.807) is 0 Å². The zero-order chi connectivity index (χ0) is 17.1. The van der Waals surface area contributed by atoms with Crippen molar-refractivity contribution in [2.75, 3.05) is 13.1 Å². The first-order chi connectivity index (χ1) is 12.3. The van der Waals surface area contributed by atoms with Gasteiger partial charge in [-0.25, -0.2) is 10.9 Å². The zero-order valence-corrected chi connectivity index (χ0v) is 14.8. The Bertz CT molecular complexity index is 693. The van der Waals surface area contributed by atoms with Gasteiger partial charge in [0.05, 0.1) is 11.0 Å². The highest BCUT2D eigenvalue weighted by molar-refractivity contribution is 7.12. The number of aromatic nitrogens is 1. The number of nitrogens with zero attached hydrogens (tertiary/aromatic N) is 2. The third kappa shape index (κ3) is 3.90. The number of nitrogens with one attached hydrogen (secondary N) is 3. The van der Waals surface area contributed by atoms with Gasteiger partial charge in [-0.1, -0.05) is 6.07 Å². The minimum Gasteiger partial charge on any atom is -0.347 e. The van der Waals surface area contributed by atoms with E-state index in [0.29, 0.717) is 12.2 Å². The summed E-state index contributed by atoms with van der Waals surface area (Å²) in [6.07, 6.45) is 7.12. The van der Waals surface area contributed by atoms with E-state index < -0.39 is 0 Å². The highest BCUT2D eigenvalue weighted by Crippen LogP contribution is 2.25. The minimum atomic E-state index is 0.0500. The number of amides is 1. The number of rotatable bonds is 4. The van der Waals surface area contributed by atoms with Crippen molar-refractivity contribution in [1.82, 2.24) is 26.1 Å². The Morgan fingerprint density at radius 1 is 1.28 bits per heavy atom. The highest BCUT2D eigenvalue weighted by atomic mass is 32.1. The standard InChI is InChI=1S/C18H23N5OS/c24-18(16-4-2-10-25-16)20-14-3-1-9-23(12-14)17-11-15(21-22-17)13-5-7-19-8-6-13/h2,4-8,10,14-15,17,21-22H,1,3,9,11-12H2,(H,20,24). The van der Waals surface area contributed by atoms with Crippen molar-refractivity contribution in [2.24, 2.45) is 0 Å². The molecule has 0 aromatic carbocycles. The molecule has 2 aromatic rings. The van der Waals surface area contributed by atoms with Gasteiger partial charge in [0.15, 0.2) is 0 Å². The summed E-state index contributed by atoms with van der Waals surface area (Å²) in [5, 5.41) is 5.13. The molecule has 132 valence electrons. The lowest BCUT2D eigenvalue weighted by atomic mass is 10.0. The number of likely N-dealkylation sites (tertiary alicyclic amines) is 1. The molecule has 0 saturated carbocycles. The van der Waals surface area contributed by atoms with Gasteiger partial charge < -0.3 is 5.32 Å². The molecule has 3 N–H and O–H groups in total. The molecule has 4 heterocycles. The third-order valence-corrected chi connectivity index (χ3v) is 5.83. The summed E-state index contributed by atoms with van der Waals surface area (Å²) in [6, 6.07) is 8.42. The van der Waals surface area contributed by atoms with Gasteiger partial charge in [-0.2, -0.15) is 0 Å². The van der Waals surface area contributed by atoms with Crippen LogP contribution in [0.3, 0.4) is 0 Å². The number of hydrogen-bond acceptors (Lipinski definition) is 6. The SMILES string of the molecule is O=C(NC1CCCN(C2CC(c3ccncc3)NN2)C1)c1cccs1. The molecule has 2 aliphatic heterocycles. The zero-order valence-electron chi connectivity index (χ0n) is 14.0. The van der Waals surface area contributed by atoms with Crippen LogP contribution in [-0.4, -0.2) is 41.1 Å². The lowest BCUT2D eigenvalue weighted by Gasteiger charge is -2.36. The number of hydrazine groups is 1. The van der Waals surface area contributed by atoms with Crippen LogP contribution >= 0.6 is 11.3 Å². The summed E-state index contributed by atoms with van der Waals surface area (Å²) < 4.78 is 0. The fraction of sp³-hybridized carbons (Fsp3) is 0.444. The van der Waals surface area contributed by atoms with Gasteiger partial charge >= 0.3 is 0 Å². The molecule has 2 aliphatic rings. The van der Waals surface area contributed by atoms with Crippen LogP contribution < -0.4 is 16.2 Å². The number of thiophene rings is 1. The van der Waals surface area contributed by atoms with E-state index in [0.717, 1.165) is 37.2 Å². The summed E-state index contributed by atoms with van der Waals surface area (Å²) in [4.78, 5) is 19.6. The topological polar surface area (TPSA) is 69.3 Å². The van der Waals surface area contributed by atoms with E-state index in [1.807, 2.05) is 29.9 Å². The van der Waals surface area contributed by atoms with Crippen molar-refractivity contribution in [3.63, 3.8) is 0 Å². The molecule has 6 nitrogen and oxygen atoms in total. The van der Waals surface area contributed by atoms with Crippen LogP contribution in [0.15, 0.2) is 42.0 Å². The predicted molar refractivity (Wildman–Crippen MR) is 98.0 cm³/mol. The van der Waals surface area contributed by atoms with Crippen LogP contribution in [0.2, 0.25) is 0 Å². The second kappa shape index (κ2) is 7.61. The Labute approximate surface area is 151 Å². The van der Waals surface area contributed by atoms with Gasteiger partial charge in [-0.3, -0.25) is 14.7 Å². The number of carbonyl (C=O) groups excluding carboxylic acids is 1. The van der Waals surface area contributed by atoms with E-state index in [9.17, 15) is 4.79 Å². The molecule has 7 heteroatoms. The van der Waals surface area contributed by atoms with Crippen LogP contribution in [0.1, 0.15) is 40.5 Å². The van der Waals surface area contributed by atoms with Gasteiger partial charge in [-0.15, -0.1) is 11.3 Å². The Hall–Kier alpha value is -1.80. The highest BCUT2D eigenvalue weighted by Gasteiger charge is 2.32. The van der Waals surface area contributed by atoms with Crippen molar-refractivity contribution in [3.8, 4) is 0 Å². The van der Waals surface area contributed by atoms with Crippen molar-refractivity contribution < 1.29 is 4.79 Å². The maximum atomic E-state index is 12.3. The monoisotopic (exact) mass is 357 g/mol. The fourth-order valence-corrected chi connectivity index (χ4v) is 4.29. The first-order valence-corrected chi connectivity index (χ1v) is 9.67. The summed E-state index contributed by atoms with van der Waals surface area (Å²) in [6.45, 7) is 1.95. The molecule has 4 rings (SSSR count). The van der Waals surface area contributed by atoms with Gasteiger partial charge in [0.25, 0.3) is 5.91 Å². The number of hydrogen-bond donors (Lipinski definition) is 3. The lowest BCUT2D eigenvalue weighted by Crippen LogP contribution is -2.54. The molecule has 0 bridgehead atoms. The predicted octanol–water partition coefficient (Wildman–Crippen LogP) is 1.90. The van der Waals surface area contributed by atoms with Crippen LogP contribution in [0, 0.1) is 0 Å². The van der Waals surface area contributed by atoms with Crippen LogP contribution in [0.5, 0.6) is 0 Å². The minimum absolute atomic E-state index is 0.0500. The molecular formula is C18H23N5OS. The van der Waals surface area contributed by atoms with Crippen molar-refractivity contribution in [1.29, 1.82) is 0 Å². The van der Waals surface area contributed by atoms with Crippen molar-refractivity contribution in [3.05, 3.63) is 52.5 Å². The van der Waals surface area contributed by atoms with Gasteiger partial charge in [-0.05, 0) is 54.9 Å². The maximum absolute atomic E-state index is 12.3. The molecule has 2 aromatic heterocycles. The van der Waals surface area contributed by atoms with E-state index in [1.165, 1.54) is 16.9 Å². The maximum Gasteiger partial charge on any atom is 0.261 e. The van der Waals surface area contributed by atoms with Crippen LogP contribution in [0.25, 0.3) is 0 Å². The van der Waals surface area contributed by atoms with Crippen LogP contribution in [-0.2, 0) is 0 Å². The van der Waals surface area contributed by atoms with Gasteiger partial charge in [0, 0.05) is 31.0 Å². The molecular weight excluding hydrogens is 334 g/mol. The summed E-state index contributed by atoms with van der Waals surface area (Å²) in [7, 11) is 0. The van der Waals surface area contributed by atoms with E-state index in [4.69, 9.17) is 0 Å². The molecule has 1 amide bonds. The fourth-order valence-electron chi connectivity index (χ4n) is 3.67. The number of carbonyl (C=O) groups is 1. The average Bonchev–Trinajstić information content (AvgIpc) is 3.35. The first kappa shape index (κ1) is 16.7. The molecule has 0 aliphatic carbocycles. The van der Waals surface area contributed by atoms with Gasteiger partial charge in [0.1, 0.15) is 0 Å². The Morgan fingerprint density at radius 3 is 2.96 bits per heavy atom. The summed E-state index contributed by atoms with van der Waals surface area (Å²) in [5.74, 6) is 0.0500. The molecule has 3 atom stereocenters. The normalized spacial score (nSPS) is 27.3. The Balaban J connectivity index is 1.33. The second-order valence-electron chi connectivity index (χ2n) is 6.66. The first-order valence-electron chi connectivity index (χ1n) is 8.79. The number of pyridine rings is 1.